The lowest BCUT2D eigenvalue weighted by atomic mass is 10.2. The molecule has 7 heteroatoms. The molecule has 2 amide bonds. The Morgan fingerprint density at radius 1 is 1.33 bits per heavy atom. The van der Waals surface area contributed by atoms with Gasteiger partial charge in [-0.15, -0.1) is 0 Å². The molecule has 1 aromatic rings. The number of halogens is 1. The van der Waals surface area contributed by atoms with Crippen LogP contribution >= 0.6 is 22.6 Å². The zero-order valence-electron chi connectivity index (χ0n) is 11.5. The first-order chi connectivity index (χ1) is 10.1. The SMILES string of the molecule is O=C(NCCC(=O)N1CCOCC1)c1ccc(I)c(O)c1. The monoisotopic (exact) mass is 404 g/mol. The number of carbonyl (C=O) groups excluding carboxylic acids is 2. The van der Waals surface area contributed by atoms with E-state index in [1.165, 1.54) is 6.07 Å². The molecule has 0 saturated carbocycles. The van der Waals surface area contributed by atoms with Crippen molar-refractivity contribution in [2.45, 2.75) is 6.42 Å². The standard InChI is InChI=1S/C14H17IN2O4/c15-11-2-1-10(9-12(11)18)14(20)16-4-3-13(19)17-5-7-21-8-6-17/h1-2,9,18H,3-8H2,(H,16,20). The fraction of sp³-hybridized carbons (Fsp3) is 0.429. The highest BCUT2D eigenvalue weighted by Gasteiger charge is 2.16. The first-order valence-electron chi connectivity index (χ1n) is 6.70. The molecule has 1 aliphatic heterocycles. The van der Waals surface area contributed by atoms with Crippen molar-refractivity contribution in [1.82, 2.24) is 10.2 Å². The fourth-order valence-electron chi connectivity index (χ4n) is 2.01. The number of rotatable bonds is 4. The van der Waals surface area contributed by atoms with Crippen LogP contribution in [-0.2, 0) is 9.53 Å². The lowest BCUT2D eigenvalue weighted by Gasteiger charge is -2.26. The number of aromatic hydroxyl groups is 1. The smallest absolute Gasteiger partial charge is 0.251 e. The van der Waals surface area contributed by atoms with Crippen molar-refractivity contribution >= 4 is 34.4 Å². The average Bonchev–Trinajstić information content (AvgIpc) is 2.50. The Balaban J connectivity index is 1.78. The normalized spacial score (nSPS) is 14.8. The van der Waals surface area contributed by atoms with Gasteiger partial charge in [0.25, 0.3) is 5.91 Å². The maximum atomic E-state index is 11.9. The van der Waals surface area contributed by atoms with E-state index >= 15 is 0 Å². The number of morpholine rings is 1. The van der Waals surface area contributed by atoms with Crippen LogP contribution in [0.1, 0.15) is 16.8 Å². The van der Waals surface area contributed by atoms with Crippen molar-refractivity contribution in [2.75, 3.05) is 32.8 Å². The summed E-state index contributed by atoms with van der Waals surface area (Å²) in [7, 11) is 0. The van der Waals surface area contributed by atoms with E-state index in [9.17, 15) is 14.7 Å². The molecule has 0 unspecified atom stereocenters. The summed E-state index contributed by atoms with van der Waals surface area (Å²) in [6.45, 7) is 2.64. The molecule has 1 fully saturated rings. The van der Waals surface area contributed by atoms with Crippen molar-refractivity contribution in [3.63, 3.8) is 0 Å². The number of hydrogen-bond acceptors (Lipinski definition) is 4. The molecule has 1 aliphatic rings. The molecule has 1 heterocycles. The quantitative estimate of drug-likeness (QED) is 0.734. The van der Waals surface area contributed by atoms with Gasteiger partial charge >= 0.3 is 0 Å². The summed E-state index contributed by atoms with van der Waals surface area (Å²) >= 11 is 1.98. The Morgan fingerprint density at radius 3 is 2.71 bits per heavy atom. The molecule has 2 rings (SSSR count). The number of ether oxygens (including phenoxy) is 1. The Labute approximate surface area is 136 Å². The third kappa shape index (κ3) is 4.57. The topological polar surface area (TPSA) is 78.9 Å². The molecule has 114 valence electrons. The molecule has 2 N–H and O–H groups in total. The van der Waals surface area contributed by atoms with E-state index in [0.717, 1.165) is 0 Å². The molecule has 0 aromatic heterocycles. The maximum absolute atomic E-state index is 11.9. The summed E-state index contributed by atoms with van der Waals surface area (Å²) in [6.07, 6.45) is 0.266. The molecular weight excluding hydrogens is 387 g/mol. The van der Waals surface area contributed by atoms with Gasteiger partial charge < -0.3 is 20.1 Å². The number of hydrogen-bond donors (Lipinski definition) is 2. The van der Waals surface area contributed by atoms with Crippen LogP contribution in [-0.4, -0.2) is 54.7 Å². The van der Waals surface area contributed by atoms with Crippen LogP contribution in [0.5, 0.6) is 5.75 Å². The fourth-order valence-corrected chi connectivity index (χ4v) is 2.35. The van der Waals surface area contributed by atoms with E-state index in [-0.39, 0.29) is 30.5 Å². The van der Waals surface area contributed by atoms with Gasteiger partial charge in [0, 0.05) is 31.6 Å². The van der Waals surface area contributed by atoms with Gasteiger partial charge in [-0.3, -0.25) is 9.59 Å². The molecule has 6 nitrogen and oxygen atoms in total. The highest BCUT2D eigenvalue weighted by molar-refractivity contribution is 14.1. The van der Waals surface area contributed by atoms with E-state index in [1.807, 2.05) is 22.6 Å². The lowest BCUT2D eigenvalue weighted by Crippen LogP contribution is -2.42. The second-order valence-electron chi connectivity index (χ2n) is 4.67. The van der Waals surface area contributed by atoms with Gasteiger partial charge in [0.1, 0.15) is 5.75 Å². The van der Waals surface area contributed by atoms with Crippen LogP contribution in [0.2, 0.25) is 0 Å². The Hall–Kier alpha value is -1.35. The van der Waals surface area contributed by atoms with Crippen molar-refractivity contribution in [1.29, 1.82) is 0 Å². The number of phenols is 1. The number of carbonyl (C=O) groups is 2. The molecule has 21 heavy (non-hydrogen) atoms. The van der Waals surface area contributed by atoms with E-state index in [4.69, 9.17) is 4.74 Å². The van der Waals surface area contributed by atoms with Gasteiger partial charge in [0.2, 0.25) is 5.91 Å². The van der Waals surface area contributed by atoms with E-state index in [1.54, 1.807) is 17.0 Å². The number of nitrogens with zero attached hydrogens (tertiary/aromatic N) is 1. The van der Waals surface area contributed by atoms with Crippen LogP contribution < -0.4 is 5.32 Å². The number of phenolic OH excluding ortho intramolecular Hbond substituents is 1. The number of nitrogens with one attached hydrogen (secondary N) is 1. The van der Waals surface area contributed by atoms with Gasteiger partial charge in [0.05, 0.1) is 16.8 Å². The van der Waals surface area contributed by atoms with Crippen LogP contribution in [0.4, 0.5) is 0 Å². The summed E-state index contributed by atoms with van der Waals surface area (Å²) < 4.78 is 5.87. The molecule has 0 spiro atoms. The first-order valence-corrected chi connectivity index (χ1v) is 7.78. The molecule has 1 saturated heterocycles. The molecule has 0 atom stereocenters. The van der Waals surface area contributed by atoms with Crippen LogP contribution in [0.3, 0.4) is 0 Å². The minimum absolute atomic E-state index is 0.0176. The van der Waals surface area contributed by atoms with Gasteiger partial charge in [-0.2, -0.15) is 0 Å². The van der Waals surface area contributed by atoms with Gasteiger partial charge in [-0.1, -0.05) is 0 Å². The van der Waals surface area contributed by atoms with Crippen LogP contribution in [0, 0.1) is 3.57 Å². The lowest BCUT2D eigenvalue weighted by molar-refractivity contribution is -0.135. The molecule has 0 bridgehead atoms. The van der Waals surface area contributed by atoms with Gasteiger partial charge in [-0.25, -0.2) is 0 Å². The molecule has 0 radical (unpaired) electrons. The summed E-state index contributed by atoms with van der Waals surface area (Å²) in [5, 5.41) is 12.3. The third-order valence-electron chi connectivity index (χ3n) is 3.20. The highest BCUT2D eigenvalue weighted by atomic mass is 127. The summed E-state index contributed by atoms with van der Waals surface area (Å²) in [4.78, 5) is 25.5. The zero-order chi connectivity index (χ0) is 15.2. The Morgan fingerprint density at radius 2 is 2.05 bits per heavy atom. The van der Waals surface area contributed by atoms with Crippen molar-refractivity contribution in [3.05, 3.63) is 27.3 Å². The minimum Gasteiger partial charge on any atom is -0.507 e. The predicted molar refractivity (Wildman–Crippen MR) is 85.2 cm³/mol. The maximum Gasteiger partial charge on any atom is 0.251 e. The summed E-state index contributed by atoms with van der Waals surface area (Å²) in [5.41, 5.74) is 0.381. The van der Waals surface area contributed by atoms with Crippen molar-refractivity contribution < 1.29 is 19.4 Å². The van der Waals surface area contributed by atoms with Crippen LogP contribution in [0.25, 0.3) is 0 Å². The summed E-state index contributed by atoms with van der Waals surface area (Å²) in [6, 6.07) is 4.73. The van der Waals surface area contributed by atoms with E-state index in [0.29, 0.717) is 35.4 Å². The van der Waals surface area contributed by atoms with Crippen LogP contribution in [0.15, 0.2) is 18.2 Å². The molecule has 1 aromatic carbocycles. The number of amides is 2. The average molecular weight is 404 g/mol. The largest absolute Gasteiger partial charge is 0.507 e. The van der Waals surface area contributed by atoms with Gasteiger partial charge in [-0.05, 0) is 40.8 Å². The third-order valence-corrected chi connectivity index (χ3v) is 4.11. The predicted octanol–water partition coefficient (Wildman–Crippen LogP) is 0.976. The first kappa shape index (κ1) is 16.0. The van der Waals surface area contributed by atoms with E-state index in [2.05, 4.69) is 5.32 Å². The van der Waals surface area contributed by atoms with Crippen molar-refractivity contribution in [3.8, 4) is 5.75 Å². The van der Waals surface area contributed by atoms with E-state index < -0.39 is 0 Å². The second-order valence-corrected chi connectivity index (χ2v) is 5.83. The molecule has 0 aliphatic carbocycles. The van der Waals surface area contributed by atoms with Crippen molar-refractivity contribution in [2.24, 2.45) is 0 Å². The minimum atomic E-state index is -0.295. The summed E-state index contributed by atoms with van der Waals surface area (Å²) in [5.74, 6) is -0.201. The molecular formula is C14H17IN2O4. The number of benzene rings is 1. The van der Waals surface area contributed by atoms with Gasteiger partial charge in [0.15, 0.2) is 0 Å². The second kappa shape index (κ2) is 7.60. The highest BCUT2D eigenvalue weighted by Crippen LogP contribution is 2.20. The zero-order valence-corrected chi connectivity index (χ0v) is 13.6. The Bertz CT molecular complexity index is 530. The Kier molecular flexibility index (Phi) is 5.80.